The highest BCUT2D eigenvalue weighted by Gasteiger charge is 2.31. The van der Waals surface area contributed by atoms with Gasteiger partial charge in [0.2, 0.25) is 0 Å². The average molecular weight is 289 g/mol. The van der Waals surface area contributed by atoms with E-state index >= 15 is 0 Å². The number of rotatable bonds is 3. The summed E-state index contributed by atoms with van der Waals surface area (Å²) in [4.78, 5) is 9.96. The summed E-state index contributed by atoms with van der Waals surface area (Å²) in [5.74, 6) is 1.96. The number of aromatic nitrogens is 2. The van der Waals surface area contributed by atoms with Crippen molar-refractivity contribution in [2.24, 2.45) is 0 Å². The van der Waals surface area contributed by atoms with Crippen LogP contribution < -0.4 is 4.90 Å². The predicted octanol–water partition coefficient (Wildman–Crippen LogP) is -0.107. The van der Waals surface area contributed by atoms with Crippen LogP contribution in [0.1, 0.15) is 5.69 Å². The van der Waals surface area contributed by atoms with Crippen LogP contribution in [0.3, 0.4) is 0 Å². The molecular formula is C10H15N3O3S2. The molecule has 8 heteroatoms. The molecule has 6 nitrogen and oxygen atoms in total. The zero-order valence-corrected chi connectivity index (χ0v) is 11.6. The number of hydrogen-bond acceptors (Lipinski definition) is 7. The molecule has 1 aromatic rings. The summed E-state index contributed by atoms with van der Waals surface area (Å²) >= 11 is 1.63. The third-order valence-corrected chi connectivity index (χ3v) is 5.37. The number of thioether (sulfide) groups is 1. The SMILES string of the molecule is CS(=O)(=O)C1CSCCN1c1cnc(CO)cn1. The van der Waals surface area contributed by atoms with Gasteiger partial charge in [-0.15, -0.1) is 0 Å². The van der Waals surface area contributed by atoms with Crippen molar-refractivity contribution in [2.75, 3.05) is 29.2 Å². The molecule has 0 saturated carbocycles. The fraction of sp³-hybridized carbons (Fsp3) is 0.600. The first-order valence-electron chi connectivity index (χ1n) is 5.47. The van der Waals surface area contributed by atoms with Gasteiger partial charge in [-0.2, -0.15) is 11.8 Å². The van der Waals surface area contributed by atoms with Crippen molar-refractivity contribution < 1.29 is 13.5 Å². The highest BCUT2D eigenvalue weighted by atomic mass is 32.2. The molecule has 1 fully saturated rings. The molecule has 2 rings (SSSR count). The molecule has 18 heavy (non-hydrogen) atoms. The zero-order chi connectivity index (χ0) is 13.2. The highest BCUT2D eigenvalue weighted by molar-refractivity contribution is 8.01. The van der Waals surface area contributed by atoms with Crippen LogP contribution in [0.15, 0.2) is 12.4 Å². The largest absolute Gasteiger partial charge is 0.390 e. The van der Waals surface area contributed by atoms with Gasteiger partial charge in [-0.25, -0.2) is 13.4 Å². The lowest BCUT2D eigenvalue weighted by Crippen LogP contribution is -2.47. The normalized spacial score (nSPS) is 21.0. The first kappa shape index (κ1) is 13.6. The minimum absolute atomic E-state index is 0.168. The Morgan fingerprint density at radius 2 is 2.28 bits per heavy atom. The Labute approximate surface area is 110 Å². The molecule has 1 atom stereocenters. The Kier molecular flexibility index (Phi) is 4.08. The van der Waals surface area contributed by atoms with Gasteiger partial charge in [-0.05, 0) is 0 Å². The number of hydrogen-bond donors (Lipinski definition) is 1. The van der Waals surface area contributed by atoms with E-state index in [4.69, 9.17) is 5.11 Å². The lowest BCUT2D eigenvalue weighted by molar-refractivity contribution is 0.276. The third-order valence-electron chi connectivity index (χ3n) is 2.73. The van der Waals surface area contributed by atoms with Gasteiger partial charge in [0, 0.05) is 24.3 Å². The Bertz CT molecular complexity index is 504. The van der Waals surface area contributed by atoms with E-state index in [9.17, 15) is 8.42 Å². The third kappa shape index (κ3) is 2.93. The molecule has 1 aliphatic heterocycles. The van der Waals surface area contributed by atoms with Crippen molar-refractivity contribution in [3.05, 3.63) is 18.1 Å². The topological polar surface area (TPSA) is 83.4 Å². The second-order valence-corrected chi connectivity index (χ2v) is 7.43. The van der Waals surface area contributed by atoms with Crippen molar-refractivity contribution >= 4 is 27.4 Å². The lowest BCUT2D eigenvalue weighted by Gasteiger charge is -2.34. The standard InChI is InChI=1S/C10H15N3O3S2/c1-18(15,16)10-7-17-3-2-13(10)9-5-11-8(6-14)4-12-9/h4-5,10,14H,2-3,6-7H2,1H3. The van der Waals surface area contributed by atoms with Gasteiger partial charge in [-0.3, -0.25) is 4.98 Å². The fourth-order valence-corrected chi connectivity index (χ4v) is 4.60. The number of aliphatic hydroxyl groups is 1. The van der Waals surface area contributed by atoms with Gasteiger partial charge in [0.05, 0.1) is 24.7 Å². The van der Waals surface area contributed by atoms with Gasteiger partial charge in [-0.1, -0.05) is 0 Å². The van der Waals surface area contributed by atoms with Crippen LogP contribution in [0.4, 0.5) is 5.82 Å². The maximum absolute atomic E-state index is 11.7. The summed E-state index contributed by atoms with van der Waals surface area (Å²) in [5.41, 5.74) is 0.473. The van der Waals surface area contributed by atoms with E-state index in [2.05, 4.69) is 9.97 Å². The van der Waals surface area contributed by atoms with Crippen LogP contribution in [0.25, 0.3) is 0 Å². The molecule has 0 amide bonds. The van der Waals surface area contributed by atoms with E-state index in [1.165, 1.54) is 18.6 Å². The quantitative estimate of drug-likeness (QED) is 0.831. The van der Waals surface area contributed by atoms with Crippen LogP contribution >= 0.6 is 11.8 Å². The number of nitrogens with zero attached hydrogens (tertiary/aromatic N) is 3. The zero-order valence-electron chi connectivity index (χ0n) is 9.98. The van der Waals surface area contributed by atoms with E-state index in [0.717, 1.165) is 5.75 Å². The molecular weight excluding hydrogens is 274 g/mol. The summed E-state index contributed by atoms with van der Waals surface area (Å²) in [6.45, 7) is 0.466. The molecule has 0 aliphatic carbocycles. The first-order chi connectivity index (χ1) is 8.52. The molecule has 0 radical (unpaired) electrons. The van der Waals surface area contributed by atoms with Gasteiger partial charge in [0.1, 0.15) is 11.2 Å². The van der Waals surface area contributed by atoms with Crippen molar-refractivity contribution in [3.63, 3.8) is 0 Å². The fourth-order valence-electron chi connectivity index (χ4n) is 1.78. The summed E-state index contributed by atoms with van der Waals surface area (Å²) in [7, 11) is -3.15. The lowest BCUT2D eigenvalue weighted by atomic mass is 10.4. The monoisotopic (exact) mass is 289 g/mol. The summed E-state index contributed by atoms with van der Waals surface area (Å²) in [6.07, 6.45) is 4.22. The number of anilines is 1. The molecule has 1 unspecified atom stereocenters. The van der Waals surface area contributed by atoms with Crippen LogP contribution in [-0.4, -0.2) is 53.2 Å². The summed E-state index contributed by atoms with van der Waals surface area (Å²) < 4.78 is 23.5. The van der Waals surface area contributed by atoms with Gasteiger partial charge >= 0.3 is 0 Å². The predicted molar refractivity (Wildman–Crippen MR) is 71.3 cm³/mol. The van der Waals surface area contributed by atoms with E-state index in [0.29, 0.717) is 23.8 Å². The van der Waals surface area contributed by atoms with Crippen molar-refractivity contribution in [1.82, 2.24) is 9.97 Å². The van der Waals surface area contributed by atoms with Gasteiger partial charge in [0.25, 0.3) is 0 Å². The maximum atomic E-state index is 11.7. The van der Waals surface area contributed by atoms with E-state index in [-0.39, 0.29) is 6.61 Å². The molecule has 0 bridgehead atoms. The number of sulfone groups is 1. The maximum Gasteiger partial charge on any atom is 0.169 e. The molecule has 0 aromatic carbocycles. The van der Waals surface area contributed by atoms with Crippen LogP contribution in [-0.2, 0) is 16.4 Å². The molecule has 1 saturated heterocycles. The average Bonchev–Trinajstić information content (AvgIpc) is 2.38. The summed E-state index contributed by atoms with van der Waals surface area (Å²) in [6, 6.07) is 0. The first-order valence-corrected chi connectivity index (χ1v) is 8.58. The van der Waals surface area contributed by atoms with Crippen molar-refractivity contribution in [2.45, 2.75) is 12.0 Å². The Hall–Kier alpha value is -0.860. The molecule has 0 spiro atoms. The Balaban J connectivity index is 2.28. The van der Waals surface area contributed by atoms with Crippen molar-refractivity contribution in [3.8, 4) is 0 Å². The van der Waals surface area contributed by atoms with Gasteiger partial charge < -0.3 is 10.0 Å². The van der Waals surface area contributed by atoms with Crippen LogP contribution in [0.2, 0.25) is 0 Å². The van der Waals surface area contributed by atoms with E-state index in [1.54, 1.807) is 16.7 Å². The Morgan fingerprint density at radius 3 is 2.83 bits per heavy atom. The molecule has 1 aromatic heterocycles. The van der Waals surface area contributed by atoms with Crippen LogP contribution in [0.5, 0.6) is 0 Å². The van der Waals surface area contributed by atoms with E-state index in [1.807, 2.05) is 0 Å². The van der Waals surface area contributed by atoms with Gasteiger partial charge in [0.15, 0.2) is 9.84 Å². The van der Waals surface area contributed by atoms with E-state index < -0.39 is 15.2 Å². The van der Waals surface area contributed by atoms with Crippen molar-refractivity contribution in [1.29, 1.82) is 0 Å². The minimum atomic E-state index is -3.15. The molecule has 2 heterocycles. The smallest absolute Gasteiger partial charge is 0.169 e. The van der Waals surface area contributed by atoms with Crippen LogP contribution in [0, 0.1) is 0 Å². The highest BCUT2D eigenvalue weighted by Crippen LogP contribution is 2.24. The second kappa shape index (κ2) is 5.41. The Morgan fingerprint density at radius 1 is 1.50 bits per heavy atom. The molecule has 100 valence electrons. The second-order valence-electron chi connectivity index (χ2n) is 4.08. The molecule has 1 N–H and O–H groups in total. The minimum Gasteiger partial charge on any atom is -0.390 e. The summed E-state index contributed by atoms with van der Waals surface area (Å²) in [5, 5.41) is 8.35. The number of aliphatic hydroxyl groups excluding tert-OH is 1. The molecule has 1 aliphatic rings.